The fraction of sp³-hybridized carbons (Fsp3) is 0.333. The van der Waals surface area contributed by atoms with Gasteiger partial charge in [0.05, 0.1) is 12.2 Å². The number of aliphatic hydroxyl groups excluding tert-OH is 1. The summed E-state index contributed by atoms with van der Waals surface area (Å²) >= 11 is 0. The van der Waals surface area contributed by atoms with Crippen LogP contribution in [0.5, 0.6) is 0 Å². The molecule has 2 unspecified atom stereocenters. The van der Waals surface area contributed by atoms with Crippen LogP contribution in [-0.4, -0.2) is 17.8 Å². The maximum Gasteiger partial charge on any atom is 0.131 e. The lowest BCUT2D eigenvalue weighted by molar-refractivity contribution is -0.0441. The second-order valence-electron chi connectivity index (χ2n) is 4.72. The van der Waals surface area contributed by atoms with E-state index in [2.05, 4.69) is 0 Å². The number of aliphatic hydroxyl groups is 1. The van der Waals surface area contributed by atoms with E-state index in [1.807, 2.05) is 18.2 Å². The first-order chi connectivity index (χ1) is 8.75. The number of rotatable bonds is 1. The summed E-state index contributed by atoms with van der Waals surface area (Å²) < 4.78 is 19.4. The Morgan fingerprint density at radius 3 is 2.72 bits per heavy atom. The Morgan fingerprint density at radius 1 is 1.11 bits per heavy atom. The van der Waals surface area contributed by atoms with E-state index >= 15 is 0 Å². The van der Waals surface area contributed by atoms with Crippen LogP contribution in [0.1, 0.15) is 24.5 Å². The van der Waals surface area contributed by atoms with Gasteiger partial charge in [-0.2, -0.15) is 0 Å². The summed E-state index contributed by atoms with van der Waals surface area (Å²) in [6, 6.07) is 10.6. The van der Waals surface area contributed by atoms with Gasteiger partial charge in [0, 0.05) is 18.4 Å². The molecule has 0 saturated carbocycles. The van der Waals surface area contributed by atoms with Gasteiger partial charge >= 0.3 is 0 Å². The molecule has 0 spiro atoms. The molecule has 94 valence electrons. The second-order valence-corrected chi connectivity index (χ2v) is 4.72. The molecule has 0 bridgehead atoms. The van der Waals surface area contributed by atoms with E-state index in [4.69, 9.17) is 4.74 Å². The van der Waals surface area contributed by atoms with Crippen molar-refractivity contribution in [2.24, 2.45) is 0 Å². The average molecular weight is 246 g/mol. The van der Waals surface area contributed by atoms with Crippen LogP contribution in [-0.2, 0) is 4.74 Å². The third-order valence-corrected chi connectivity index (χ3v) is 3.51. The molecule has 0 aliphatic carbocycles. The van der Waals surface area contributed by atoms with Crippen LogP contribution in [0.25, 0.3) is 10.8 Å². The predicted octanol–water partition coefficient (Wildman–Crippen LogP) is 3.19. The molecule has 2 atom stereocenters. The van der Waals surface area contributed by atoms with Gasteiger partial charge in [-0.3, -0.25) is 0 Å². The Morgan fingerprint density at radius 2 is 1.89 bits per heavy atom. The molecule has 1 aliphatic heterocycles. The summed E-state index contributed by atoms with van der Waals surface area (Å²) in [5.41, 5.74) is 0.964. The van der Waals surface area contributed by atoms with Gasteiger partial charge in [0.25, 0.3) is 0 Å². The smallest absolute Gasteiger partial charge is 0.131 e. The molecular formula is C15H15FO2. The molecule has 0 radical (unpaired) electrons. The number of benzene rings is 2. The highest BCUT2D eigenvalue weighted by Gasteiger charge is 2.23. The van der Waals surface area contributed by atoms with Gasteiger partial charge in [0.2, 0.25) is 0 Å². The van der Waals surface area contributed by atoms with Crippen molar-refractivity contribution in [1.82, 2.24) is 0 Å². The topological polar surface area (TPSA) is 29.5 Å². The van der Waals surface area contributed by atoms with Crippen LogP contribution >= 0.6 is 0 Å². The van der Waals surface area contributed by atoms with Crippen molar-refractivity contribution in [3.05, 3.63) is 47.8 Å². The fourth-order valence-corrected chi connectivity index (χ4v) is 2.57. The maximum atomic E-state index is 13.7. The summed E-state index contributed by atoms with van der Waals surface area (Å²) in [6.45, 7) is 0.553. The van der Waals surface area contributed by atoms with Crippen molar-refractivity contribution in [3.63, 3.8) is 0 Å². The molecule has 1 aliphatic rings. The van der Waals surface area contributed by atoms with E-state index in [1.165, 1.54) is 6.07 Å². The lowest BCUT2D eigenvalue weighted by Crippen LogP contribution is -2.23. The highest BCUT2D eigenvalue weighted by Crippen LogP contribution is 2.33. The van der Waals surface area contributed by atoms with Crippen molar-refractivity contribution in [3.8, 4) is 0 Å². The predicted molar refractivity (Wildman–Crippen MR) is 67.8 cm³/mol. The van der Waals surface area contributed by atoms with Gasteiger partial charge in [-0.15, -0.1) is 0 Å². The molecule has 1 fully saturated rings. The first kappa shape index (κ1) is 11.6. The number of halogens is 1. The number of hydrogen-bond acceptors (Lipinski definition) is 2. The van der Waals surface area contributed by atoms with Gasteiger partial charge in [-0.1, -0.05) is 30.3 Å². The van der Waals surface area contributed by atoms with Gasteiger partial charge in [0.15, 0.2) is 0 Å². The highest BCUT2D eigenvalue weighted by molar-refractivity contribution is 5.86. The summed E-state index contributed by atoms with van der Waals surface area (Å²) in [7, 11) is 0. The van der Waals surface area contributed by atoms with Gasteiger partial charge in [0.1, 0.15) is 5.82 Å². The molecule has 3 rings (SSSR count). The minimum Gasteiger partial charge on any atom is -0.393 e. The lowest BCUT2D eigenvalue weighted by atomic mass is 9.94. The van der Waals surface area contributed by atoms with Crippen LogP contribution in [0.3, 0.4) is 0 Å². The first-order valence-corrected chi connectivity index (χ1v) is 6.22. The number of hydrogen-bond donors (Lipinski definition) is 1. The Bertz CT molecular complexity index is 567. The Kier molecular flexibility index (Phi) is 3.02. The van der Waals surface area contributed by atoms with Crippen LogP contribution in [0.15, 0.2) is 36.4 Å². The zero-order valence-electron chi connectivity index (χ0n) is 9.97. The van der Waals surface area contributed by atoms with Crippen molar-refractivity contribution in [1.29, 1.82) is 0 Å². The number of fused-ring (bicyclic) bond motifs is 1. The van der Waals surface area contributed by atoms with Crippen molar-refractivity contribution in [2.75, 3.05) is 6.61 Å². The van der Waals surface area contributed by atoms with Crippen LogP contribution in [0, 0.1) is 5.82 Å². The Hall–Kier alpha value is -1.45. The van der Waals surface area contributed by atoms with Gasteiger partial charge in [-0.25, -0.2) is 4.39 Å². The summed E-state index contributed by atoms with van der Waals surface area (Å²) in [5, 5.41) is 11.2. The average Bonchev–Trinajstić information content (AvgIpc) is 2.39. The first-order valence-electron chi connectivity index (χ1n) is 6.22. The lowest BCUT2D eigenvalue weighted by Gasteiger charge is -2.27. The van der Waals surface area contributed by atoms with Crippen molar-refractivity contribution < 1.29 is 14.2 Å². The minimum atomic E-state index is -0.326. The van der Waals surface area contributed by atoms with E-state index in [1.54, 1.807) is 12.1 Å². The second kappa shape index (κ2) is 4.67. The largest absolute Gasteiger partial charge is 0.393 e. The molecular weight excluding hydrogens is 231 g/mol. The van der Waals surface area contributed by atoms with E-state index < -0.39 is 0 Å². The Labute approximate surface area is 105 Å². The van der Waals surface area contributed by atoms with Gasteiger partial charge in [-0.05, 0) is 23.4 Å². The highest BCUT2D eigenvalue weighted by atomic mass is 19.1. The summed E-state index contributed by atoms with van der Waals surface area (Å²) in [6.07, 6.45) is 0.789. The summed E-state index contributed by atoms with van der Waals surface area (Å²) in [4.78, 5) is 0. The minimum absolute atomic E-state index is 0.140. The van der Waals surface area contributed by atoms with Crippen LogP contribution < -0.4 is 0 Å². The van der Waals surface area contributed by atoms with Crippen LogP contribution in [0.4, 0.5) is 4.39 Å². The van der Waals surface area contributed by atoms with Crippen molar-refractivity contribution >= 4 is 10.8 Å². The van der Waals surface area contributed by atoms with E-state index in [0.29, 0.717) is 24.8 Å². The maximum absolute atomic E-state index is 13.7. The van der Waals surface area contributed by atoms with E-state index in [-0.39, 0.29) is 18.0 Å². The number of ether oxygens (including phenoxy) is 1. The molecule has 1 heterocycles. The van der Waals surface area contributed by atoms with E-state index in [9.17, 15) is 9.50 Å². The third kappa shape index (κ3) is 2.00. The zero-order chi connectivity index (χ0) is 12.5. The third-order valence-electron chi connectivity index (χ3n) is 3.51. The summed E-state index contributed by atoms with van der Waals surface area (Å²) in [5.74, 6) is -0.217. The molecule has 18 heavy (non-hydrogen) atoms. The molecule has 0 amide bonds. The zero-order valence-corrected chi connectivity index (χ0v) is 9.97. The molecule has 3 heteroatoms. The van der Waals surface area contributed by atoms with Crippen LogP contribution in [0.2, 0.25) is 0 Å². The molecule has 2 aromatic rings. The molecule has 0 aromatic heterocycles. The fourth-order valence-electron chi connectivity index (χ4n) is 2.57. The molecule has 2 nitrogen and oxygen atoms in total. The quantitative estimate of drug-likeness (QED) is 0.837. The Balaban J connectivity index is 2.09. The SMILES string of the molecule is OC1CCOC(c2cccc3c(F)cccc23)C1. The standard InChI is InChI=1S/C15H15FO2/c16-14-6-2-3-11-12(14)4-1-5-13(11)15-9-10(17)7-8-18-15/h1-6,10,15,17H,7-9H2. The molecule has 1 saturated heterocycles. The van der Waals surface area contributed by atoms with Crippen molar-refractivity contribution in [2.45, 2.75) is 25.0 Å². The van der Waals surface area contributed by atoms with E-state index in [0.717, 1.165) is 10.9 Å². The van der Waals surface area contributed by atoms with Gasteiger partial charge < -0.3 is 9.84 Å². The normalized spacial score (nSPS) is 24.3. The molecule has 2 aromatic carbocycles. The monoisotopic (exact) mass is 246 g/mol. The molecule has 1 N–H and O–H groups in total.